The molecular formula is C16H13N3O. The quantitative estimate of drug-likeness (QED) is 0.835. The first-order valence-electron chi connectivity index (χ1n) is 6.51. The van der Waals surface area contributed by atoms with Crippen LogP contribution in [0.15, 0.2) is 42.6 Å². The number of aromatic nitrogens is 1. The molecule has 0 bridgehead atoms. The van der Waals surface area contributed by atoms with Crippen LogP contribution in [0.4, 0.5) is 5.69 Å². The summed E-state index contributed by atoms with van der Waals surface area (Å²) >= 11 is 0. The third-order valence-corrected chi connectivity index (χ3v) is 3.46. The Kier molecular flexibility index (Phi) is 3.18. The Labute approximate surface area is 117 Å². The summed E-state index contributed by atoms with van der Waals surface area (Å²) in [4.78, 5) is 18.5. The van der Waals surface area contributed by atoms with Gasteiger partial charge in [0.2, 0.25) is 0 Å². The molecule has 1 aromatic heterocycles. The van der Waals surface area contributed by atoms with Crippen LogP contribution in [0.1, 0.15) is 21.6 Å². The minimum absolute atomic E-state index is 0.0310. The number of rotatable bonds is 2. The van der Waals surface area contributed by atoms with Gasteiger partial charge in [-0.1, -0.05) is 18.2 Å². The van der Waals surface area contributed by atoms with Crippen LogP contribution in [0, 0.1) is 11.3 Å². The van der Waals surface area contributed by atoms with Crippen LogP contribution >= 0.6 is 0 Å². The van der Waals surface area contributed by atoms with E-state index in [1.807, 2.05) is 24.3 Å². The Hall–Kier alpha value is -2.67. The van der Waals surface area contributed by atoms with Crippen molar-refractivity contribution in [1.29, 1.82) is 5.26 Å². The van der Waals surface area contributed by atoms with Crippen LogP contribution in [0.25, 0.3) is 0 Å². The fraction of sp³-hybridized carbons (Fsp3) is 0.188. The molecule has 0 N–H and O–H groups in total. The second kappa shape index (κ2) is 5.14. The predicted molar refractivity (Wildman–Crippen MR) is 75.4 cm³/mol. The maximum atomic E-state index is 12.6. The summed E-state index contributed by atoms with van der Waals surface area (Å²) in [5, 5.41) is 8.71. The summed E-state index contributed by atoms with van der Waals surface area (Å²) in [5.74, 6) is -0.0310. The number of amides is 1. The van der Waals surface area contributed by atoms with Crippen molar-refractivity contribution < 1.29 is 4.79 Å². The molecule has 3 rings (SSSR count). The van der Waals surface area contributed by atoms with E-state index in [4.69, 9.17) is 5.26 Å². The van der Waals surface area contributed by atoms with Crippen LogP contribution in [-0.4, -0.2) is 17.4 Å². The van der Waals surface area contributed by atoms with Gasteiger partial charge in [-0.15, -0.1) is 0 Å². The highest BCUT2D eigenvalue weighted by Crippen LogP contribution is 2.28. The Balaban J connectivity index is 1.91. The number of benzene rings is 1. The van der Waals surface area contributed by atoms with Gasteiger partial charge in [0.1, 0.15) is 0 Å². The predicted octanol–water partition coefficient (Wildman–Crippen LogP) is 2.35. The van der Waals surface area contributed by atoms with Crippen LogP contribution in [0.2, 0.25) is 0 Å². The molecule has 0 fully saturated rings. The summed E-state index contributed by atoms with van der Waals surface area (Å²) in [6, 6.07) is 13.4. The Morgan fingerprint density at radius 3 is 3.05 bits per heavy atom. The van der Waals surface area contributed by atoms with Gasteiger partial charge in [-0.25, -0.2) is 0 Å². The van der Waals surface area contributed by atoms with E-state index in [0.29, 0.717) is 17.8 Å². The summed E-state index contributed by atoms with van der Waals surface area (Å²) in [6.45, 7) is 0.702. The van der Waals surface area contributed by atoms with Crippen LogP contribution in [0.3, 0.4) is 0 Å². The Bertz CT molecular complexity index is 703. The highest BCUT2D eigenvalue weighted by Gasteiger charge is 2.25. The SMILES string of the molecule is N#CCc1cc(C(=O)N2CCc3ccccc32)ccn1. The van der Waals surface area contributed by atoms with Crippen molar-refractivity contribution in [3.8, 4) is 6.07 Å². The normalized spacial score (nSPS) is 12.8. The number of anilines is 1. The van der Waals surface area contributed by atoms with Gasteiger partial charge in [0, 0.05) is 24.0 Å². The Morgan fingerprint density at radius 2 is 2.20 bits per heavy atom. The molecule has 1 amide bonds. The zero-order valence-corrected chi connectivity index (χ0v) is 10.9. The molecule has 4 nitrogen and oxygen atoms in total. The summed E-state index contributed by atoms with van der Waals surface area (Å²) in [6.07, 6.45) is 2.69. The van der Waals surface area contributed by atoms with Crippen molar-refractivity contribution in [2.24, 2.45) is 0 Å². The third-order valence-electron chi connectivity index (χ3n) is 3.46. The van der Waals surface area contributed by atoms with Gasteiger partial charge in [-0.3, -0.25) is 9.78 Å². The number of carbonyl (C=O) groups is 1. The molecule has 0 saturated heterocycles. The number of nitrogens with zero attached hydrogens (tertiary/aromatic N) is 3. The van der Waals surface area contributed by atoms with Crippen molar-refractivity contribution in [3.63, 3.8) is 0 Å². The number of nitriles is 1. The zero-order valence-electron chi connectivity index (χ0n) is 10.9. The molecule has 0 radical (unpaired) electrons. The number of hydrogen-bond donors (Lipinski definition) is 0. The van der Waals surface area contributed by atoms with Crippen molar-refractivity contribution in [3.05, 3.63) is 59.4 Å². The fourth-order valence-corrected chi connectivity index (χ4v) is 2.49. The molecule has 0 unspecified atom stereocenters. The van der Waals surface area contributed by atoms with E-state index in [2.05, 4.69) is 11.1 Å². The van der Waals surface area contributed by atoms with E-state index in [9.17, 15) is 4.79 Å². The first kappa shape index (κ1) is 12.4. The fourth-order valence-electron chi connectivity index (χ4n) is 2.49. The summed E-state index contributed by atoms with van der Waals surface area (Å²) in [5.41, 5.74) is 3.40. The topological polar surface area (TPSA) is 57.0 Å². The van der Waals surface area contributed by atoms with Crippen molar-refractivity contribution in [2.75, 3.05) is 11.4 Å². The van der Waals surface area contributed by atoms with Crippen LogP contribution in [0.5, 0.6) is 0 Å². The van der Waals surface area contributed by atoms with E-state index < -0.39 is 0 Å². The second-order valence-corrected chi connectivity index (χ2v) is 4.71. The van der Waals surface area contributed by atoms with Gasteiger partial charge < -0.3 is 4.90 Å². The standard InChI is InChI=1S/C16H13N3O/c17-8-5-14-11-13(6-9-18-14)16(20)19-10-7-12-3-1-2-4-15(12)19/h1-4,6,9,11H,5,7,10H2. The molecular weight excluding hydrogens is 250 g/mol. The minimum Gasteiger partial charge on any atom is -0.308 e. The molecule has 20 heavy (non-hydrogen) atoms. The molecule has 0 aliphatic carbocycles. The number of pyridine rings is 1. The number of fused-ring (bicyclic) bond motifs is 1. The van der Waals surface area contributed by atoms with Crippen molar-refractivity contribution in [1.82, 2.24) is 4.98 Å². The molecule has 2 aromatic rings. The molecule has 4 heteroatoms. The van der Waals surface area contributed by atoms with E-state index in [1.54, 1.807) is 23.2 Å². The first-order valence-corrected chi connectivity index (χ1v) is 6.51. The number of carbonyl (C=O) groups excluding carboxylic acids is 1. The first-order chi connectivity index (χ1) is 9.79. The van der Waals surface area contributed by atoms with Gasteiger partial charge in [-0.2, -0.15) is 5.26 Å². The molecule has 1 aromatic carbocycles. The molecule has 1 aliphatic heterocycles. The van der Waals surface area contributed by atoms with Crippen LogP contribution in [-0.2, 0) is 12.8 Å². The zero-order chi connectivity index (χ0) is 13.9. The maximum absolute atomic E-state index is 12.6. The summed E-state index contributed by atoms with van der Waals surface area (Å²) < 4.78 is 0. The number of hydrogen-bond acceptors (Lipinski definition) is 3. The van der Waals surface area contributed by atoms with E-state index in [0.717, 1.165) is 12.1 Å². The smallest absolute Gasteiger partial charge is 0.258 e. The highest BCUT2D eigenvalue weighted by molar-refractivity contribution is 6.07. The average Bonchev–Trinajstić information content (AvgIpc) is 2.91. The minimum atomic E-state index is -0.0310. The van der Waals surface area contributed by atoms with Crippen LogP contribution < -0.4 is 4.90 Å². The third kappa shape index (κ3) is 2.14. The highest BCUT2D eigenvalue weighted by atomic mass is 16.2. The van der Waals surface area contributed by atoms with Gasteiger partial charge >= 0.3 is 0 Å². The average molecular weight is 263 g/mol. The van der Waals surface area contributed by atoms with Crippen molar-refractivity contribution in [2.45, 2.75) is 12.8 Å². The monoisotopic (exact) mass is 263 g/mol. The van der Waals surface area contributed by atoms with Gasteiger partial charge in [0.25, 0.3) is 5.91 Å². The lowest BCUT2D eigenvalue weighted by atomic mass is 10.1. The van der Waals surface area contributed by atoms with Gasteiger partial charge in [-0.05, 0) is 30.2 Å². The maximum Gasteiger partial charge on any atom is 0.258 e. The molecule has 1 aliphatic rings. The Morgan fingerprint density at radius 1 is 1.35 bits per heavy atom. The lowest BCUT2D eigenvalue weighted by Gasteiger charge is -2.17. The molecule has 98 valence electrons. The largest absolute Gasteiger partial charge is 0.308 e. The van der Waals surface area contributed by atoms with Gasteiger partial charge in [0.15, 0.2) is 0 Å². The van der Waals surface area contributed by atoms with E-state index in [-0.39, 0.29) is 12.3 Å². The lowest BCUT2D eigenvalue weighted by Crippen LogP contribution is -2.29. The second-order valence-electron chi connectivity index (χ2n) is 4.71. The number of para-hydroxylation sites is 1. The molecule has 2 heterocycles. The molecule has 0 spiro atoms. The van der Waals surface area contributed by atoms with E-state index in [1.165, 1.54) is 5.56 Å². The summed E-state index contributed by atoms with van der Waals surface area (Å²) in [7, 11) is 0. The van der Waals surface area contributed by atoms with E-state index >= 15 is 0 Å². The van der Waals surface area contributed by atoms with Gasteiger partial charge in [0.05, 0.1) is 18.2 Å². The molecule has 0 atom stereocenters. The molecule has 0 saturated carbocycles. The lowest BCUT2D eigenvalue weighted by molar-refractivity contribution is 0.0989. The van der Waals surface area contributed by atoms with Crippen molar-refractivity contribution >= 4 is 11.6 Å².